The number of ketones is 2. The van der Waals surface area contributed by atoms with Gasteiger partial charge in [0, 0.05) is 17.6 Å². The Kier molecular flexibility index (Phi) is 4.47. The van der Waals surface area contributed by atoms with Crippen LogP contribution in [0.2, 0.25) is 0 Å². The second-order valence-corrected chi connectivity index (χ2v) is 6.94. The molecule has 1 N–H and O–H groups in total. The van der Waals surface area contributed by atoms with Gasteiger partial charge in [-0.25, -0.2) is 8.42 Å². The summed E-state index contributed by atoms with van der Waals surface area (Å²) in [4.78, 5) is 24.6. The van der Waals surface area contributed by atoms with E-state index in [0.717, 1.165) is 6.07 Å². The maximum atomic E-state index is 12.6. The molecule has 0 saturated heterocycles. The molecular weight excluding hydrogens is 353 g/mol. The Balaban J connectivity index is 0.00000182. The van der Waals surface area contributed by atoms with E-state index in [1.165, 1.54) is 12.1 Å². The molecule has 25 heavy (non-hydrogen) atoms. The molecule has 1 aliphatic heterocycles. The monoisotopic (exact) mass is 362 g/mol. The summed E-state index contributed by atoms with van der Waals surface area (Å²) in [5.41, 5.74) is 2.24. The molecule has 2 aromatic carbocycles. The summed E-state index contributed by atoms with van der Waals surface area (Å²) in [6, 6.07) is 11.4. The van der Waals surface area contributed by atoms with E-state index < -0.39 is 20.8 Å². The van der Waals surface area contributed by atoms with Gasteiger partial charge in [-0.1, -0.05) is 17.3 Å². The number of carbonyl (C=O) groups is 2. The first-order valence-electron chi connectivity index (χ1n) is 7.05. The van der Waals surface area contributed by atoms with Crippen molar-refractivity contribution in [3.05, 3.63) is 70.4 Å². The van der Waals surface area contributed by atoms with Crippen LogP contribution in [0.1, 0.15) is 26.3 Å². The topological polar surface area (TPSA) is 103 Å². The number of carbonyl (C=O) groups excluding carboxylic acids is 2. The van der Waals surface area contributed by atoms with Crippen LogP contribution >= 0.6 is 0 Å². The maximum absolute atomic E-state index is 12.6. The molecule has 0 bridgehead atoms. The molecule has 8 heteroatoms. The maximum Gasteiger partial charge on any atom is 1.00 e. The van der Waals surface area contributed by atoms with Gasteiger partial charge in [0.25, 0.3) is 0 Å². The minimum atomic E-state index is -4.64. The first-order chi connectivity index (χ1) is 11.4. The van der Waals surface area contributed by atoms with Crippen molar-refractivity contribution in [1.82, 2.24) is 0 Å². The summed E-state index contributed by atoms with van der Waals surface area (Å²) in [5.74, 6) is -0.738. The molecule has 0 unspecified atom stereocenters. The van der Waals surface area contributed by atoms with Gasteiger partial charge in [0.05, 0.1) is 10.6 Å². The van der Waals surface area contributed by atoms with Crippen LogP contribution in [0, 0.1) is 6.07 Å². The Labute approximate surface area is 166 Å². The van der Waals surface area contributed by atoms with Crippen molar-refractivity contribution in [3.8, 4) is 0 Å². The predicted molar refractivity (Wildman–Crippen MR) is 82.7 cm³/mol. The molecule has 120 valence electrons. The summed E-state index contributed by atoms with van der Waals surface area (Å²) >= 11 is 0. The number of fused-ring (bicyclic) bond motifs is 2. The van der Waals surface area contributed by atoms with Crippen LogP contribution in [0.25, 0.3) is 0 Å². The van der Waals surface area contributed by atoms with Gasteiger partial charge < -0.3 is 14.7 Å². The molecule has 6 nitrogen and oxygen atoms in total. The van der Waals surface area contributed by atoms with Crippen molar-refractivity contribution in [3.63, 3.8) is 0 Å². The largest absolute Gasteiger partial charge is 1.00 e. The van der Waals surface area contributed by atoms with E-state index in [-0.39, 0.29) is 58.6 Å². The van der Waals surface area contributed by atoms with Crippen molar-refractivity contribution in [1.29, 1.82) is 0 Å². The number of Topliss-reactive ketones (excluding diaryl/α,β-unsaturated/α-hetero) is 2. The fourth-order valence-corrected chi connectivity index (χ4v) is 3.47. The van der Waals surface area contributed by atoms with Crippen LogP contribution in [-0.4, -0.2) is 24.5 Å². The molecule has 0 amide bonds. The summed E-state index contributed by atoms with van der Waals surface area (Å²) in [6.45, 7) is 0. The standard InChI is InChI=1S/C17H10NO5S.Na/c19-16-12-8-10(24(21,22)23)6-5-9(12)7-13(16)15-17(20)11-3-1-2-4-14(11)18-15;/h2-6,8,18H,7H2,(H,21,22,23);/q-1;+1/p-1/b15-13-;. The van der Waals surface area contributed by atoms with E-state index in [1.54, 1.807) is 18.2 Å². The fraction of sp³-hybridized carbons (Fsp3) is 0.0588. The smallest absolute Gasteiger partial charge is 0.744 e. The minimum absolute atomic E-state index is 0. The summed E-state index contributed by atoms with van der Waals surface area (Å²) < 4.78 is 33.4. The van der Waals surface area contributed by atoms with E-state index in [9.17, 15) is 22.6 Å². The quantitative estimate of drug-likeness (QED) is 0.293. The molecule has 2 aliphatic rings. The zero-order valence-electron chi connectivity index (χ0n) is 13.1. The van der Waals surface area contributed by atoms with Crippen LogP contribution in [0.3, 0.4) is 0 Å². The van der Waals surface area contributed by atoms with Crippen LogP contribution in [0.5, 0.6) is 0 Å². The van der Waals surface area contributed by atoms with E-state index in [0.29, 0.717) is 16.8 Å². The van der Waals surface area contributed by atoms with Gasteiger partial charge in [-0.05, 0) is 17.7 Å². The molecule has 1 aliphatic carbocycles. The van der Waals surface area contributed by atoms with Crippen LogP contribution in [-0.2, 0) is 16.5 Å². The molecule has 0 spiro atoms. The van der Waals surface area contributed by atoms with Crippen molar-refractivity contribution in [2.75, 3.05) is 5.32 Å². The van der Waals surface area contributed by atoms with E-state index in [1.807, 2.05) is 0 Å². The van der Waals surface area contributed by atoms with Crippen molar-refractivity contribution in [2.24, 2.45) is 0 Å². The number of rotatable bonds is 1. The van der Waals surface area contributed by atoms with Crippen molar-refractivity contribution < 1.29 is 52.1 Å². The molecule has 1 heterocycles. The van der Waals surface area contributed by atoms with Gasteiger partial charge in [-0.3, -0.25) is 4.79 Å². The number of allylic oxidation sites excluding steroid dienone is 2. The van der Waals surface area contributed by atoms with Gasteiger partial charge in [0.1, 0.15) is 10.1 Å². The number of nitrogens with one attached hydrogen (secondary N) is 1. The Morgan fingerprint density at radius 3 is 2.52 bits per heavy atom. The molecule has 4 rings (SSSR count). The van der Waals surface area contributed by atoms with E-state index in [2.05, 4.69) is 11.4 Å². The van der Waals surface area contributed by atoms with Gasteiger partial charge in [-0.15, -0.1) is 6.07 Å². The van der Waals surface area contributed by atoms with Gasteiger partial charge in [0.15, 0.2) is 11.6 Å². The Hall–Kier alpha value is -1.77. The molecule has 0 fully saturated rings. The Morgan fingerprint density at radius 1 is 1.08 bits per heavy atom. The second kappa shape index (κ2) is 6.19. The first-order valence-corrected chi connectivity index (χ1v) is 8.45. The molecular formula is C17H9NNaO5S-. The van der Waals surface area contributed by atoms with Crippen LogP contribution in [0.15, 0.2) is 52.6 Å². The second-order valence-electron chi connectivity index (χ2n) is 5.56. The molecule has 0 atom stereocenters. The summed E-state index contributed by atoms with van der Waals surface area (Å²) in [6.07, 6.45) is 0.207. The van der Waals surface area contributed by atoms with E-state index >= 15 is 0 Å². The third-order valence-electron chi connectivity index (χ3n) is 4.15. The minimum Gasteiger partial charge on any atom is -0.744 e. The van der Waals surface area contributed by atoms with Crippen LogP contribution in [0.4, 0.5) is 5.69 Å². The molecule has 0 saturated carbocycles. The Morgan fingerprint density at radius 2 is 1.84 bits per heavy atom. The molecule has 0 radical (unpaired) electrons. The van der Waals surface area contributed by atoms with Crippen molar-refractivity contribution >= 4 is 27.4 Å². The average molecular weight is 362 g/mol. The molecule has 2 aromatic rings. The molecule has 0 aromatic heterocycles. The van der Waals surface area contributed by atoms with Crippen molar-refractivity contribution in [2.45, 2.75) is 11.3 Å². The van der Waals surface area contributed by atoms with E-state index in [4.69, 9.17) is 0 Å². The summed E-state index contributed by atoms with van der Waals surface area (Å²) in [5, 5.41) is 2.95. The normalized spacial score (nSPS) is 18.4. The zero-order valence-corrected chi connectivity index (χ0v) is 15.9. The number of benzene rings is 2. The Bertz CT molecular complexity index is 1070. The first kappa shape index (κ1) is 18.0. The number of anilines is 1. The fourth-order valence-electron chi connectivity index (χ4n) is 2.98. The van der Waals surface area contributed by atoms with Gasteiger partial charge in [0.2, 0.25) is 0 Å². The van der Waals surface area contributed by atoms with Gasteiger partial charge in [-0.2, -0.15) is 18.2 Å². The van der Waals surface area contributed by atoms with Gasteiger partial charge >= 0.3 is 29.6 Å². The predicted octanol–water partition coefficient (Wildman–Crippen LogP) is -1.30. The average Bonchev–Trinajstić information content (AvgIpc) is 3.05. The third-order valence-corrected chi connectivity index (χ3v) is 4.98. The number of hydrogen-bond donors (Lipinski definition) is 1. The summed E-state index contributed by atoms with van der Waals surface area (Å²) in [7, 11) is -4.64. The zero-order chi connectivity index (χ0) is 17.1. The third kappa shape index (κ3) is 2.88. The van der Waals surface area contributed by atoms with Crippen LogP contribution < -0.4 is 34.9 Å². The SMILES string of the molecule is O=C1/C(=C2\Nc3cc[c-]cc3C2=O)Cc2ccc(S(=O)(=O)[O-])cc21.[Na+]. The number of hydrogen-bond acceptors (Lipinski definition) is 6.